The van der Waals surface area contributed by atoms with Gasteiger partial charge in [0.2, 0.25) is 0 Å². The molecule has 0 amide bonds. The van der Waals surface area contributed by atoms with Gasteiger partial charge in [-0.15, -0.1) is 0 Å². The first kappa shape index (κ1) is 7.92. The third kappa shape index (κ3) is 2.50. The van der Waals surface area contributed by atoms with E-state index in [9.17, 15) is 4.39 Å². The summed E-state index contributed by atoms with van der Waals surface area (Å²) in [4.78, 5) is 4.02. The molecule has 0 fully saturated rings. The Morgan fingerprint density at radius 3 is 2.55 bits per heavy atom. The van der Waals surface area contributed by atoms with Crippen LogP contribution in [0.15, 0.2) is 29.3 Å². The molecule has 0 saturated heterocycles. The fraction of sp³-hybridized carbons (Fsp3) is 0.222. The van der Waals surface area contributed by atoms with E-state index in [2.05, 4.69) is 4.99 Å². The van der Waals surface area contributed by atoms with Gasteiger partial charge in [-0.3, -0.25) is 4.99 Å². The maximum atomic E-state index is 12.4. The van der Waals surface area contributed by atoms with Gasteiger partial charge in [0.05, 0.1) is 0 Å². The highest BCUT2D eigenvalue weighted by molar-refractivity contribution is 5.79. The van der Waals surface area contributed by atoms with Crippen molar-refractivity contribution >= 4 is 6.21 Å². The van der Waals surface area contributed by atoms with E-state index in [1.165, 1.54) is 12.1 Å². The predicted molar refractivity (Wildman–Crippen MR) is 44.5 cm³/mol. The van der Waals surface area contributed by atoms with E-state index < -0.39 is 0 Å². The summed E-state index contributed by atoms with van der Waals surface area (Å²) in [6, 6.07) is 6.26. The average Bonchev–Trinajstić information content (AvgIpc) is 2.04. The Morgan fingerprint density at radius 2 is 2.00 bits per heavy atom. The Labute approximate surface area is 65.6 Å². The van der Waals surface area contributed by atoms with Crippen LogP contribution in [0.2, 0.25) is 0 Å². The van der Waals surface area contributed by atoms with E-state index in [4.69, 9.17) is 0 Å². The zero-order valence-electron chi connectivity index (χ0n) is 6.42. The van der Waals surface area contributed by atoms with Gasteiger partial charge in [0, 0.05) is 12.8 Å². The summed E-state index contributed by atoms with van der Waals surface area (Å²) >= 11 is 0. The first-order chi connectivity index (χ1) is 5.33. The number of aliphatic imine (C=N–C) groups is 1. The quantitative estimate of drug-likeness (QED) is 0.575. The van der Waals surface area contributed by atoms with Crippen molar-refractivity contribution in [2.75, 3.05) is 6.54 Å². The standard InChI is InChI=1S/C9H10FN/c1-2-11-7-8-3-5-9(10)6-4-8/h3-7H,2H2,1H3. The molecule has 0 N–H and O–H groups in total. The first-order valence-electron chi connectivity index (χ1n) is 3.58. The van der Waals surface area contributed by atoms with Crippen LogP contribution in [0.1, 0.15) is 12.5 Å². The second-order valence-corrected chi connectivity index (χ2v) is 2.18. The zero-order valence-corrected chi connectivity index (χ0v) is 6.42. The van der Waals surface area contributed by atoms with Gasteiger partial charge in [-0.25, -0.2) is 4.39 Å². The number of halogens is 1. The molecular weight excluding hydrogens is 141 g/mol. The Kier molecular flexibility index (Phi) is 2.78. The lowest BCUT2D eigenvalue weighted by Gasteiger charge is -1.90. The number of hydrogen-bond acceptors (Lipinski definition) is 1. The number of benzene rings is 1. The van der Waals surface area contributed by atoms with Crippen molar-refractivity contribution in [3.63, 3.8) is 0 Å². The van der Waals surface area contributed by atoms with Crippen LogP contribution < -0.4 is 0 Å². The Bertz CT molecular complexity index is 238. The highest BCUT2D eigenvalue weighted by Gasteiger charge is 1.87. The largest absolute Gasteiger partial charge is 0.293 e. The molecule has 0 aliphatic rings. The highest BCUT2D eigenvalue weighted by Crippen LogP contribution is 1.99. The van der Waals surface area contributed by atoms with Gasteiger partial charge < -0.3 is 0 Å². The second-order valence-electron chi connectivity index (χ2n) is 2.18. The fourth-order valence-corrected chi connectivity index (χ4v) is 0.746. The molecule has 1 rings (SSSR count). The zero-order chi connectivity index (χ0) is 8.10. The van der Waals surface area contributed by atoms with Gasteiger partial charge in [0.25, 0.3) is 0 Å². The third-order valence-corrected chi connectivity index (χ3v) is 1.29. The van der Waals surface area contributed by atoms with Crippen molar-refractivity contribution in [2.24, 2.45) is 4.99 Å². The maximum absolute atomic E-state index is 12.4. The van der Waals surface area contributed by atoms with E-state index >= 15 is 0 Å². The monoisotopic (exact) mass is 151 g/mol. The summed E-state index contributed by atoms with van der Waals surface area (Å²) in [5, 5.41) is 0. The molecule has 0 aliphatic heterocycles. The van der Waals surface area contributed by atoms with Crippen molar-refractivity contribution in [1.82, 2.24) is 0 Å². The Hall–Kier alpha value is -1.18. The van der Waals surface area contributed by atoms with Gasteiger partial charge in [-0.1, -0.05) is 12.1 Å². The second kappa shape index (κ2) is 3.86. The van der Waals surface area contributed by atoms with Gasteiger partial charge >= 0.3 is 0 Å². The summed E-state index contributed by atoms with van der Waals surface area (Å²) in [5.41, 5.74) is 0.938. The van der Waals surface area contributed by atoms with Crippen molar-refractivity contribution in [1.29, 1.82) is 0 Å². The van der Waals surface area contributed by atoms with Gasteiger partial charge in [0.15, 0.2) is 0 Å². The van der Waals surface area contributed by atoms with Crippen LogP contribution in [0, 0.1) is 5.82 Å². The fourth-order valence-electron chi connectivity index (χ4n) is 0.746. The summed E-state index contributed by atoms with van der Waals surface area (Å²) in [7, 11) is 0. The molecule has 0 radical (unpaired) electrons. The Morgan fingerprint density at radius 1 is 1.36 bits per heavy atom. The molecule has 11 heavy (non-hydrogen) atoms. The average molecular weight is 151 g/mol. The minimum atomic E-state index is -0.210. The molecule has 1 nitrogen and oxygen atoms in total. The smallest absolute Gasteiger partial charge is 0.123 e. The van der Waals surface area contributed by atoms with E-state index in [0.29, 0.717) is 0 Å². The summed E-state index contributed by atoms with van der Waals surface area (Å²) in [6.45, 7) is 2.72. The van der Waals surface area contributed by atoms with E-state index in [1.54, 1.807) is 18.3 Å². The minimum Gasteiger partial charge on any atom is -0.293 e. The number of rotatable bonds is 2. The lowest BCUT2D eigenvalue weighted by molar-refractivity contribution is 0.628. The molecule has 0 saturated carbocycles. The topological polar surface area (TPSA) is 12.4 Å². The molecule has 0 unspecified atom stereocenters. The van der Waals surface area contributed by atoms with Crippen LogP contribution in [0.3, 0.4) is 0 Å². The van der Waals surface area contributed by atoms with Crippen molar-refractivity contribution in [3.05, 3.63) is 35.6 Å². The number of hydrogen-bond donors (Lipinski definition) is 0. The molecule has 0 atom stereocenters. The molecule has 0 spiro atoms. The van der Waals surface area contributed by atoms with Crippen LogP contribution in [0.5, 0.6) is 0 Å². The summed E-state index contributed by atoms with van der Waals surface area (Å²) < 4.78 is 12.4. The number of nitrogens with zero attached hydrogens (tertiary/aromatic N) is 1. The molecule has 2 heteroatoms. The normalized spacial score (nSPS) is 10.7. The van der Waals surface area contributed by atoms with E-state index in [0.717, 1.165) is 12.1 Å². The lowest BCUT2D eigenvalue weighted by atomic mass is 10.2. The molecule has 0 bridgehead atoms. The van der Waals surface area contributed by atoms with Crippen LogP contribution >= 0.6 is 0 Å². The third-order valence-electron chi connectivity index (χ3n) is 1.29. The van der Waals surface area contributed by atoms with E-state index in [-0.39, 0.29) is 5.82 Å². The van der Waals surface area contributed by atoms with Crippen molar-refractivity contribution in [2.45, 2.75) is 6.92 Å². The maximum Gasteiger partial charge on any atom is 0.123 e. The van der Waals surface area contributed by atoms with E-state index in [1.807, 2.05) is 6.92 Å². The SMILES string of the molecule is CCN=Cc1ccc(F)cc1. The summed E-state index contributed by atoms with van der Waals surface area (Å²) in [6.07, 6.45) is 1.74. The van der Waals surface area contributed by atoms with Gasteiger partial charge in [-0.05, 0) is 24.6 Å². The molecule has 58 valence electrons. The van der Waals surface area contributed by atoms with Crippen LogP contribution in [0.25, 0.3) is 0 Å². The van der Waals surface area contributed by atoms with Gasteiger partial charge in [-0.2, -0.15) is 0 Å². The molecule has 0 heterocycles. The highest BCUT2D eigenvalue weighted by atomic mass is 19.1. The Balaban J connectivity index is 2.73. The van der Waals surface area contributed by atoms with Gasteiger partial charge in [0.1, 0.15) is 5.82 Å². The summed E-state index contributed by atoms with van der Waals surface area (Å²) in [5.74, 6) is -0.210. The van der Waals surface area contributed by atoms with Crippen molar-refractivity contribution in [3.8, 4) is 0 Å². The lowest BCUT2D eigenvalue weighted by Crippen LogP contribution is -1.81. The van der Waals surface area contributed by atoms with Crippen molar-refractivity contribution < 1.29 is 4.39 Å². The molecule has 1 aromatic carbocycles. The first-order valence-corrected chi connectivity index (χ1v) is 3.58. The minimum absolute atomic E-state index is 0.210. The predicted octanol–water partition coefficient (Wildman–Crippen LogP) is 2.26. The molecular formula is C9H10FN. The van der Waals surface area contributed by atoms with Crippen LogP contribution in [-0.2, 0) is 0 Å². The molecule has 0 aromatic heterocycles. The van der Waals surface area contributed by atoms with Crippen LogP contribution in [0.4, 0.5) is 4.39 Å². The molecule has 0 aliphatic carbocycles. The molecule has 1 aromatic rings. The van der Waals surface area contributed by atoms with Crippen LogP contribution in [-0.4, -0.2) is 12.8 Å².